The number of aromatic nitrogens is 1. The molecule has 1 unspecified atom stereocenters. The lowest BCUT2D eigenvalue weighted by atomic mass is 10.1. The van der Waals surface area contributed by atoms with Crippen molar-refractivity contribution in [1.82, 2.24) is 9.29 Å². The second kappa shape index (κ2) is 9.28. The van der Waals surface area contributed by atoms with Gasteiger partial charge in [0.2, 0.25) is 0 Å². The van der Waals surface area contributed by atoms with E-state index in [1.54, 1.807) is 31.4 Å². The van der Waals surface area contributed by atoms with Crippen LogP contribution in [0.25, 0.3) is 10.9 Å². The van der Waals surface area contributed by atoms with Gasteiger partial charge in [-0.15, -0.1) is 0 Å². The number of benzene rings is 3. The molecule has 2 N–H and O–H groups in total. The van der Waals surface area contributed by atoms with Crippen LogP contribution in [0.1, 0.15) is 16.7 Å². The number of halogens is 5. The lowest BCUT2D eigenvalue weighted by Crippen LogP contribution is -2.14. The predicted molar refractivity (Wildman–Crippen MR) is 122 cm³/mol. The van der Waals surface area contributed by atoms with Crippen LogP contribution in [-0.4, -0.2) is 15.6 Å². The van der Waals surface area contributed by atoms with E-state index >= 15 is 0 Å². The average molecular weight is 494 g/mol. The molecule has 10 heteroatoms. The van der Waals surface area contributed by atoms with E-state index in [0.717, 1.165) is 23.1 Å². The molecule has 3 aromatic carbocycles. The fourth-order valence-corrected chi connectivity index (χ4v) is 4.81. The first-order valence-corrected chi connectivity index (χ1v) is 11.3. The van der Waals surface area contributed by atoms with Gasteiger partial charge in [-0.2, -0.15) is 17.1 Å². The van der Waals surface area contributed by atoms with Crippen molar-refractivity contribution in [2.75, 3.05) is 12.4 Å². The molecule has 0 saturated carbocycles. The van der Waals surface area contributed by atoms with Gasteiger partial charge in [-0.25, -0.2) is 8.78 Å². The summed E-state index contributed by atoms with van der Waals surface area (Å²) in [5, 5.41) is 6.54. The van der Waals surface area contributed by atoms with Gasteiger partial charge in [-0.3, -0.25) is 0 Å². The fraction of sp³-hybridized carbons (Fsp3) is 0.167. The van der Waals surface area contributed by atoms with Crippen molar-refractivity contribution in [3.8, 4) is 0 Å². The molecule has 0 aliphatic rings. The highest BCUT2D eigenvalue weighted by Crippen LogP contribution is 2.33. The van der Waals surface area contributed by atoms with Gasteiger partial charge < -0.3 is 15.2 Å². The van der Waals surface area contributed by atoms with Gasteiger partial charge in [0.25, 0.3) is 0 Å². The molecule has 0 fully saturated rings. The standard InChI is InChI=1S/C24H20F5N3OS/c1-14-6-9-20(23(26)22(14)25)31-17-7-8-19-15(12-30-2)13-32(21(19)11-17)34(33)18-5-3-4-16(10-18)24(27,28)29/h3-11,13,30-31H,12H2,1-2H3. The molecule has 1 atom stereocenters. The number of rotatable bonds is 6. The number of hydrogen-bond donors (Lipinski definition) is 2. The van der Waals surface area contributed by atoms with Crippen LogP contribution >= 0.6 is 0 Å². The van der Waals surface area contributed by atoms with Crippen molar-refractivity contribution in [3.63, 3.8) is 0 Å². The Hall–Kier alpha value is -3.08. The van der Waals surface area contributed by atoms with Crippen LogP contribution in [0.5, 0.6) is 0 Å². The van der Waals surface area contributed by atoms with Crippen molar-refractivity contribution in [1.29, 1.82) is 0 Å². The van der Waals surface area contributed by atoms with Gasteiger partial charge in [0.1, 0.15) is 16.9 Å². The minimum atomic E-state index is -4.57. The van der Waals surface area contributed by atoms with Crippen LogP contribution in [0.3, 0.4) is 0 Å². The summed E-state index contributed by atoms with van der Waals surface area (Å²) in [7, 11) is 1.73. The molecule has 0 bridgehead atoms. The van der Waals surface area contributed by atoms with Gasteiger partial charge in [-0.05, 0) is 55.4 Å². The van der Waals surface area contributed by atoms with Crippen molar-refractivity contribution >= 4 is 33.6 Å². The number of aryl methyl sites for hydroxylation is 1. The Labute approximate surface area is 195 Å². The second-order valence-electron chi connectivity index (χ2n) is 7.70. The highest BCUT2D eigenvalue weighted by molar-refractivity contribution is 7.90. The SMILES string of the molecule is CNCc1cn([S+]([O-])c2cccc(C(F)(F)F)c2)c2cc(Nc3ccc(C)c(F)c3F)ccc12. The first-order valence-electron chi connectivity index (χ1n) is 10.2. The van der Waals surface area contributed by atoms with Gasteiger partial charge in [-0.1, -0.05) is 18.2 Å². The van der Waals surface area contributed by atoms with Crippen LogP contribution < -0.4 is 10.6 Å². The van der Waals surface area contributed by atoms with Gasteiger partial charge in [0, 0.05) is 23.7 Å². The number of alkyl halides is 3. The molecule has 0 saturated heterocycles. The third-order valence-corrected chi connectivity index (χ3v) is 6.63. The number of fused-ring (bicyclic) bond motifs is 1. The largest absolute Gasteiger partial charge is 0.587 e. The smallest absolute Gasteiger partial charge is 0.416 e. The van der Waals surface area contributed by atoms with Gasteiger partial charge >= 0.3 is 6.18 Å². The zero-order valence-corrected chi connectivity index (χ0v) is 19.0. The second-order valence-corrected chi connectivity index (χ2v) is 9.06. The number of hydrogen-bond acceptors (Lipinski definition) is 3. The van der Waals surface area contributed by atoms with E-state index in [2.05, 4.69) is 10.6 Å². The third-order valence-electron chi connectivity index (χ3n) is 5.32. The zero-order chi connectivity index (χ0) is 24.6. The average Bonchev–Trinajstić information content (AvgIpc) is 3.16. The Kier molecular flexibility index (Phi) is 6.57. The fourth-order valence-electron chi connectivity index (χ4n) is 3.61. The summed E-state index contributed by atoms with van der Waals surface area (Å²) in [4.78, 5) is -0.0206. The molecule has 178 valence electrons. The predicted octanol–water partition coefficient (Wildman–Crippen LogP) is 6.28. The normalized spacial score (nSPS) is 12.8. The van der Waals surface area contributed by atoms with Crippen LogP contribution in [0.2, 0.25) is 0 Å². The van der Waals surface area contributed by atoms with E-state index in [0.29, 0.717) is 17.7 Å². The zero-order valence-electron chi connectivity index (χ0n) is 18.1. The van der Waals surface area contributed by atoms with Crippen LogP contribution in [0.4, 0.5) is 33.3 Å². The summed E-state index contributed by atoms with van der Waals surface area (Å²) >= 11 is -1.99. The molecular formula is C24H20F5N3OS. The maximum Gasteiger partial charge on any atom is 0.416 e. The highest BCUT2D eigenvalue weighted by Gasteiger charge is 2.32. The number of nitrogens with one attached hydrogen (secondary N) is 2. The maximum absolute atomic E-state index is 14.3. The summed E-state index contributed by atoms with van der Waals surface area (Å²) in [6.45, 7) is 1.88. The van der Waals surface area contributed by atoms with Gasteiger partial charge in [0.05, 0.1) is 17.4 Å². The van der Waals surface area contributed by atoms with E-state index < -0.39 is 34.7 Å². The Morgan fingerprint density at radius 2 is 1.76 bits per heavy atom. The minimum Gasteiger partial charge on any atom is -0.587 e. The summed E-state index contributed by atoms with van der Waals surface area (Å²) in [6.07, 6.45) is -2.96. The summed E-state index contributed by atoms with van der Waals surface area (Å²) in [5.74, 6) is -1.99. The van der Waals surface area contributed by atoms with E-state index in [-0.39, 0.29) is 16.1 Å². The van der Waals surface area contributed by atoms with E-state index in [1.807, 2.05) is 0 Å². The molecule has 34 heavy (non-hydrogen) atoms. The van der Waals surface area contributed by atoms with Crippen molar-refractivity contribution in [2.45, 2.75) is 24.5 Å². The van der Waals surface area contributed by atoms with Crippen LogP contribution in [0.15, 0.2) is 65.7 Å². The molecule has 1 aromatic heterocycles. The molecule has 0 amide bonds. The Balaban J connectivity index is 1.78. The maximum atomic E-state index is 14.3. The quantitative estimate of drug-likeness (QED) is 0.246. The molecule has 0 aliphatic heterocycles. The van der Waals surface area contributed by atoms with E-state index in [9.17, 15) is 26.5 Å². The van der Waals surface area contributed by atoms with Crippen LogP contribution in [-0.2, 0) is 24.1 Å². The minimum absolute atomic E-state index is 0.0206. The van der Waals surface area contributed by atoms with Gasteiger partial charge in [0.15, 0.2) is 16.5 Å². The summed E-state index contributed by atoms with van der Waals surface area (Å²) in [6, 6.07) is 12.2. The van der Waals surface area contributed by atoms with E-state index in [4.69, 9.17) is 0 Å². The van der Waals surface area contributed by atoms with Crippen molar-refractivity contribution < 1.29 is 26.5 Å². The topological polar surface area (TPSA) is 52.0 Å². The summed E-state index contributed by atoms with van der Waals surface area (Å²) in [5.41, 5.74) is 0.821. The molecular weight excluding hydrogens is 473 g/mol. The number of nitrogens with zero attached hydrogens (tertiary/aromatic N) is 1. The van der Waals surface area contributed by atoms with Crippen LogP contribution in [0, 0.1) is 18.6 Å². The third kappa shape index (κ3) is 4.61. The Morgan fingerprint density at radius 1 is 1.00 bits per heavy atom. The lowest BCUT2D eigenvalue weighted by molar-refractivity contribution is -0.137. The van der Waals surface area contributed by atoms with E-state index in [1.165, 1.54) is 35.2 Å². The first kappa shape index (κ1) is 24.1. The Morgan fingerprint density at radius 3 is 2.47 bits per heavy atom. The number of anilines is 2. The molecule has 0 aliphatic carbocycles. The molecule has 4 rings (SSSR count). The molecule has 4 nitrogen and oxygen atoms in total. The van der Waals surface area contributed by atoms with Crippen molar-refractivity contribution in [3.05, 3.63) is 89.1 Å². The molecule has 1 heterocycles. The first-order chi connectivity index (χ1) is 16.1. The molecule has 0 spiro atoms. The summed E-state index contributed by atoms with van der Waals surface area (Å²) < 4.78 is 82.5. The molecule has 0 radical (unpaired) electrons. The highest BCUT2D eigenvalue weighted by atomic mass is 32.2. The van der Waals surface area contributed by atoms with Crippen molar-refractivity contribution in [2.24, 2.45) is 0 Å². The Bertz CT molecular complexity index is 1350. The lowest BCUT2D eigenvalue weighted by Gasteiger charge is -2.14. The monoisotopic (exact) mass is 493 g/mol. The molecule has 4 aromatic rings.